The number of piperidine rings is 1. The summed E-state index contributed by atoms with van der Waals surface area (Å²) in [7, 11) is 0. The first-order valence-corrected chi connectivity index (χ1v) is 12.3. The van der Waals surface area contributed by atoms with Crippen molar-refractivity contribution in [1.82, 2.24) is 20.4 Å². The van der Waals surface area contributed by atoms with Crippen LogP contribution < -0.4 is 10.2 Å². The smallest absolute Gasteiger partial charge is 0.253 e. The van der Waals surface area contributed by atoms with Gasteiger partial charge in [0.05, 0.1) is 17.1 Å². The highest BCUT2D eigenvalue weighted by atomic mass is 16.2. The molecule has 35 heavy (non-hydrogen) atoms. The molecule has 1 aromatic heterocycles. The Morgan fingerprint density at radius 2 is 1.89 bits per heavy atom. The Morgan fingerprint density at radius 3 is 2.63 bits per heavy atom. The molecule has 1 aliphatic carbocycles. The molecule has 3 heterocycles. The quantitative estimate of drug-likeness (QED) is 0.611. The Morgan fingerprint density at radius 1 is 1.11 bits per heavy atom. The molecule has 3 aromatic rings. The third-order valence-corrected chi connectivity index (χ3v) is 8.01. The Labute approximate surface area is 203 Å². The fourth-order valence-corrected chi connectivity index (χ4v) is 5.78. The number of aryl methyl sites for hydroxylation is 1. The van der Waals surface area contributed by atoms with Gasteiger partial charge in [-0.25, -0.2) is 0 Å². The van der Waals surface area contributed by atoms with Gasteiger partial charge in [-0.1, -0.05) is 12.1 Å². The fraction of sp³-hybridized carbons (Fsp3) is 0.407. The number of nitrogens with one attached hydrogen (secondary N) is 2. The van der Waals surface area contributed by atoms with Crippen LogP contribution >= 0.6 is 0 Å². The summed E-state index contributed by atoms with van der Waals surface area (Å²) >= 11 is 0. The summed E-state index contributed by atoms with van der Waals surface area (Å²) < 4.78 is 0. The minimum Gasteiger partial charge on any atom is -0.349 e. The van der Waals surface area contributed by atoms with Crippen molar-refractivity contribution in [3.8, 4) is 0 Å². The van der Waals surface area contributed by atoms with E-state index >= 15 is 0 Å². The van der Waals surface area contributed by atoms with Crippen molar-refractivity contribution in [3.05, 3.63) is 59.3 Å². The maximum Gasteiger partial charge on any atom is 0.253 e. The van der Waals surface area contributed by atoms with Gasteiger partial charge in [-0.2, -0.15) is 5.10 Å². The molecule has 0 atom stereocenters. The molecule has 8 heteroatoms. The summed E-state index contributed by atoms with van der Waals surface area (Å²) in [6, 6.07) is 11.4. The first-order chi connectivity index (χ1) is 16.8. The molecule has 3 aliphatic rings. The van der Waals surface area contributed by atoms with Crippen molar-refractivity contribution in [1.29, 1.82) is 0 Å². The average molecular weight is 472 g/mol. The van der Waals surface area contributed by atoms with E-state index in [0.717, 1.165) is 40.6 Å². The minimum absolute atomic E-state index is 0.0233. The second kappa shape index (κ2) is 7.66. The number of rotatable bonds is 4. The Balaban J connectivity index is 1.24. The average Bonchev–Trinajstić information content (AvgIpc) is 3.30. The molecule has 0 unspecified atom stereocenters. The number of hydrogen-bond acceptors (Lipinski definition) is 4. The van der Waals surface area contributed by atoms with Crippen LogP contribution in [0.15, 0.2) is 42.6 Å². The van der Waals surface area contributed by atoms with Crippen molar-refractivity contribution in [3.63, 3.8) is 0 Å². The lowest BCUT2D eigenvalue weighted by Gasteiger charge is -2.39. The van der Waals surface area contributed by atoms with Crippen LogP contribution in [0.1, 0.15) is 54.1 Å². The number of nitrogens with zero attached hydrogens (tertiary/aromatic N) is 3. The lowest BCUT2D eigenvalue weighted by atomic mass is 9.72. The monoisotopic (exact) mass is 471 g/mol. The molecule has 1 saturated carbocycles. The minimum atomic E-state index is -0.699. The highest BCUT2D eigenvalue weighted by molar-refractivity contribution is 6.11. The van der Waals surface area contributed by atoms with E-state index in [0.29, 0.717) is 31.5 Å². The molecule has 1 spiro atoms. The Kier molecular flexibility index (Phi) is 4.78. The molecular formula is C27H29N5O3. The van der Waals surface area contributed by atoms with Gasteiger partial charge in [-0.3, -0.25) is 19.5 Å². The van der Waals surface area contributed by atoms with E-state index in [1.807, 2.05) is 55.1 Å². The van der Waals surface area contributed by atoms with Crippen LogP contribution in [0.3, 0.4) is 0 Å². The molecule has 8 nitrogen and oxygen atoms in total. The Hall–Kier alpha value is -3.68. The van der Waals surface area contributed by atoms with E-state index in [2.05, 4.69) is 15.5 Å². The molecule has 2 aromatic carbocycles. The van der Waals surface area contributed by atoms with Crippen LogP contribution in [0.25, 0.3) is 10.9 Å². The van der Waals surface area contributed by atoms with Gasteiger partial charge in [0.1, 0.15) is 6.54 Å². The largest absolute Gasteiger partial charge is 0.349 e. The number of aromatic nitrogens is 2. The summed E-state index contributed by atoms with van der Waals surface area (Å²) in [5.74, 6) is -0.178. The molecule has 0 radical (unpaired) electrons. The number of fused-ring (bicyclic) bond motifs is 3. The SMILES string of the molecule is Cc1cccc2c1C1(CCN(C(=O)c3ccc4[nH]ncc4c3)CC1)C(=O)N2CC(=O)NC1(C)CC1. The zero-order valence-corrected chi connectivity index (χ0v) is 20.1. The van der Waals surface area contributed by atoms with E-state index < -0.39 is 5.41 Å². The summed E-state index contributed by atoms with van der Waals surface area (Å²) in [4.78, 5) is 43.4. The van der Waals surface area contributed by atoms with Crippen molar-refractivity contribution in [2.24, 2.45) is 0 Å². The summed E-state index contributed by atoms with van der Waals surface area (Å²) in [6.07, 6.45) is 4.74. The molecule has 6 rings (SSSR count). The van der Waals surface area contributed by atoms with Crippen molar-refractivity contribution >= 4 is 34.3 Å². The van der Waals surface area contributed by atoms with Crippen LogP contribution in [0, 0.1) is 6.92 Å². The third-order valence-electron chi connectivity index (χ3n) is 8.01. The van der Waals surface area contributed by atoms with Gasteiger partial charge >= 0.3 is 0 Å². The first-order valence-electron chi connectivity index (χ1n) is 12.3. The number of anilines is 1. The number of carbonyl (C=O) groups excluding carboxylic acids is 3. The maximum absolute atomic E-state index is 13.9. The molecule has 1 saturated heterocycles. The highest BCUT2D eigenvalue weighted by Crippen LogP contribution is 2.49. The van der Waals surface area contributed by atoms with Crippen LogP contribution in [-0.4, -0.2) is 58.0 Å². The molecule has 0 bridgehead atoms. The lowest BCUT2D eigenvalue weighted by Crippen LogP contribution is -2.52. The lowest BCUT2D eigenvalue weighted by molar-refractivity contribution is -0.127. The number of carbonyl (C=O) groups is 3. The van der Waals surface area contributed by atoms with E-state index in [1.54, 1.807) is 11.1 Å². The predicted molar refractivity (Wildman–Crippen MR) is 132 cm³/mol. The van der Waals surface area contributed by atoms with Crippen molar-refractivity contribution < 1.29 is 14.4 Å². The number of amides is 3. The molecule has 180 valence electrons. The zero-order valence-electron chi connectivity index (χ0n) is 20.1. The van der Waals surface area contributed by atoms with Crippen LogP contribution in [0.4, 0.5) is 5.69 Å². The maximum atomic E-state index is 13.9. The molecule has 3 amide bonds. The van der Waals surface area contributed by atoms with Gasteiger partial charge in [0, 0.05) is 35.3 Å². The van der Waals surface area contributed by atoms with Gasteiger partial charge in [-0.15, -0.1) is 0 Å². The predicted octanol–water partition coefficient (Wildman–Crippen LogP) is 3.06. The van der Waals surface area contributed by atoms with E-state index in [4.69, 9.17) is 0 Å². The highest BCUT2D eigenvalue weighted by Gasteiger charge is 2.53. The second-order valence-electron chi connectivity index (χ2n) is 10.5. The van der Waals surface area contributed by atoms with Gasteiger partial charge in [0.15, 0.2) is 0 Å². The van der Waals surface area contributed by atoms with E-state index in [-0.39, 0.29) is 29.8 Å². The molecule has 2 N–H and O–H groups in total. The zero-order chi connectivity index (χ0) is 24.4. The second-order valence-corrected chi connectivity index (χ2v) is 10.5. The molecule has 2 aliphatic heterocycles. The standard InChI is InChI=1S/C27H29N5O3/c1-17-4-3-5-21-23(17)27(25(35)32(21)16-22(33)29-26(2)8-9-26)10-12-31(13-11-27)24(34)18-6-7-20-19(14-18)15-28-30-20/h3-7,14-15H,8-13,16H2,1-2H3,(H,28,30)(H,29,33). The van der Waals surface area contributed by atoms with E-state index in [9.17, 15) is 14.4 Å². The number of aromatic amines is 1. The Bertz CT molecular complexity index is 1360. The van der Waals surface area contributed by atoms with Crippen LogP contribution in [0.2, 0.25) is 0 Å². The number of likely N-dealkylation sites (tertiary alicyclic amines) is 1. The third kappa shape index (κ3) is 3.50. The normalized spacial score (nSPS) is 19.8. The summed E-state index contributed by atoms with van der Waals surface area (Å²) in [6.45, 7) is 5.06. The first kappa shape index (κ1) is 21.8. The van der Waals surface area contributed by atoms with Crippen molar-refractivity contribution in [2.45, 2.75) is 50.5 Å². The van der Waals surface area contributed by atoms with Crippen molar-refractivity contribution in [2.75, 3.05) is 24.5 Å². The van der Waals surface area contributed by atoms with Gasteiger partial charge in [0.25, 0.3) is 5.91 Å². The van der Waals surface area contributed by atoms with Crippen LogP contribution in [0.5, 0.6) is 0 Å². The topological polar surface area (TPSA) is 98.4 Å². The molecular weight excluding hydrogens is 442 g/mol. The summed E-state index contributed by atoms with van der Waals surface area (Å²) in [5, 5.41) is 10.9. The summed E-state index contributed by atoms with van der Waals surface area (Å²) in [5.41, 5.74) is 3.59. The number of H-pyrrole nitrogens is 1. The molecule has 2 fully saturated rings. The van der Waals surface area contributed by atoms with Gasteiger partial charge in [0.2, 0.25) is 11.8 Å². The van der Waals surface area contributed by atoms with Gasteiger partial charge < -0.3 is 15.1 Å². The van der Waals surface area contributed by atoms with E-state index in [1.165, 1.54) is 0 Å². The number of hydrogen-bond donors (Lipinski definition) is 2. The van der Waals surface area contributed by atoms with Gasteiger partial charge in [-0.05, 0) is 74.9 Å². The number of benzene rings is 2. The van der Waals surface area contributed by atoms with Crippen LogP contribution in [-0.2, 0) is 15.0 Å². The fourth-order valence-electron chi connectivity index (χ4n) is 5.78.